The third-order valence-electron chi connectivity index (χ3n) is 2.52. The molecule has 2 amide bonds. The zero-order valence-electron chi connectivity index (χ0n) is 9.39. The highest BCUT2D eigenvalue weighted by Gasteiger charge is 2.28. The smallest absolute Gasteiger partial charge is 0.255 e. The Morgan fingerprint density at radius 3 is 2.28 bits per heavy atom. The van der Waals surface area contributed by atoms with Gasteiger partial charge in [0.1, 0.15) is 13.2 Å². The molecule has 6 heteroatoms. The van der Waals surface area contributed by atoms with Crippen molar-refractivity contribution in [2.75, 3.05) is 19.8 Å². The summed E-state index contributed by atoms with van der Waals surface area (Å²) < 4.78 is 5.63. The molecule has 94 valence electrons. The number of hydrogen-bond acceptors (Lipinski definition) is 4. The number of ether oxygens (including phenoxy) is 1. The fraction of sp³-hybridized carbons (Fsp3) is 0.250. The molecule has 0 atom stereocenters. The molecule has 1 heterocycles. The topological polar surface area (TPSA) is 63.7 Å². The number of morpholine rings is 1. The summed E-state index contributed by atoms with van der Waals surface area (Å²) in [5.41, 5.74) is 0.463. The molecule has 2 rings (SSSR count). The average Bonchev–Trinajstić information content (AvgIpc) is 2.34. The van der Waals surface area contributed by atoms with Crippen LogP contribution in [0.2, 0.25) is 0 Å². The van der Waals surface area contributed by atoms with E-state index in [0.717, 1.165) is 9.37 Å². The third-order valence-corrected chi connectivity index (χ3v) is 3.05. The molecule has 1 aliphatic heterocycles. The summed E-state index contributed by atoms with van der Waals surface area (Å²) >= 11 is 3.27. The van der Waals surface area contributed by atoms with Crippen LogP contribution in [0.3, 0.4) is 0 Å². The van der Waals surface area contributed by atoms with Crippen LogP contribution in [0.15, 0.2) is 28.7 Å². The van der Waals surface area contributed by atoms with E-state index in [4.69, 9.17) is 4.74 Å². The quantitative estimate of drug-likeness (QED) is 0.617. The number of carbonyl (C=O) groups is 3. The fourth-order valence-corrected chi connectivity index (χ4v) is 1.83. The number of rotatable bonds is 3. The van der Waals surface area contributed by atoms with Gasteiger partial charge >= 0.3 is 0 Å². The predicted molar refractivity (Wildman–Crippen MR) is 66.0 cm³/mol. The van der Waals surface area contributed by atoms with Gasteiger partial charge in [-0.3, -0.25) is 19.3 Å². The second-order valence-electron chi connectivity index (χ2n) is 3.80. The molecule has 0 aromatic heterocycles. The summed E-state index contributed by atoms with van der Waals surface area (Å²) in [6.07, 6.45) is 0. The molecule has 1 aliphatic rings. The summed E-state index contributed by atoms with van der Waals surface area (Å²) in [5, 5.41) is 0. The monoisotopic (exact) mass is 311 g/mol. The highest BCUT2D eigenvalue weighted by molar-refractivity contribution is 9.10. The molecule has 18 heavy (non-hydrogen) atoms. The Bertz CT molecular complexity index is 481. The normalized spacial score (nSPS) is 15.9. The van der Waals surface area contributed by atoms with E-state index in [1.807, 2.05) is 0 Å². The molecule has 1 aromatic rings. The van der Waals surface area contributed by atoms with Crippen LogP contribution in [-0.2, 0) is 14.3 Å². The van der Waals surface area contributed by atoms with Crippen LogP contribution in [-0.4, -0.2) is 42.3 Å². The first-order valence-corrected chi connectivity index (χ1v) is 6.07. The molecule has 1 aromatic carbocycles. The molecule has 5 nitrogen and oxygen atoms in total. The van der Waals surface area contributed by atoms with Gasteiger partial charge < -0.3 is 4.74 Å². The largest absolute Gasteiger partial charge is 0.362 e. The highest BCUT2D eigenvalue weighted by atomic mass is 79.9. The number of ketones is 1. The lowest BCUT2D eigenvalue weighted by atomic mass is 10.1. The molecule has 1 saturated heterocycles. The van der Waals surface area contributed by atoms with Gasteiger partial charge in [0, 0.05) is 10.0 Å². The Morgan fingerprint density at radius 1 is 1.17 bits per heavy atom. The van der Waals surface area contributed by atoms with Crippen LogP contribution >= 0.6 is 15.9 Å². The zero-order valence-corrected chi connectivity index (χ0v) is 11.0. The fourth-order valence-electron chi connectivity index (χ4n) is 1.57. The van der Waals surface area contributed by atoms with E-state index in [1.165, 1.54) is 0 Å². The SMILES string of the molecule is O=C(CN1C(=O)COCC1=O)c1ccc(Br)cc1. The van der Waals surface area contributed by atoms with Gasteiger partial charge in [0.25, 0.3) is 11.8 Å². The lowest BCUT2D eigenvalue weighted by Crippen LogP contribution is -2.48. The Hall–Kier alpha value is -1.53. The van der Waals surface area contributed by atoms with E-state index in [0.29, 0.717) is 5.56 Å². The molecular formula is C12H10BrNO4. The van der Waals surface area contributed by atoms with Crippen LogP contribution in [0.1, 0.15) is 10.4 Å². The van der Waals surface area contributed by atoms with Gasteiger partial charge in [-0.15, -0.1) is 0 Å². The lowest BCUT2D eigenvalue weighted by Gasteiger charge is -2.24. The summed E-state index contributed by atoms with van der Waals surface area (Å²) in [5.74, 6) is -1.22. The van der Waals surface area contributed by atoms with E-state index in [2.05, 4.69) is 15.9 Å². The first-order valence-electron chi connectivity index (χ1n) is 5.27. The predicted octanol–water partition coefficient (Wildman–Crippen LogP) is 1.02. The van der Waals surface area contributed by atoms with Crippen LogP contribution in [0.25, 0.3) is 0 Å². The van der Waals surface area contributed by atoms with Crippen LogP contribution < -0.4 is 0 Å². The highest BCUT2D eigenvalue weighted by Crippen LogP contribution is 2.12. The molecule has 1 fully saturated rings. The maximum Gasteiger partial charge on any atom is 0.255 e. The van der Waals surface area contributed by atoms with Crippen LogP contribution in [0.5, 0.6) is 0 Å². The minimum Gasteiger partial charge on any atom is -0.362 e. The van der Waals surface area contributed by atoms with Crippen molar-refractivity contribution in [3.8, 4) is 0 Å². The summed E-state index contributed by atoms with van der Waals surface area (Å²) in [7, 11) is 0. The zero-order chi connectivity index (χ0) is 13.1. The van der Waals surface area contributed by atoms with Crippen molar-refractivity contribution >= 4 is 33.5 Å². The number of benzene rings is 1. The van der Waals surface area contributed by atoms with Crippen LogP contribution in [0, 0.1) is 0 Å². The Morgan fingerprint density at radius 2 is 1.72 bits per heavy atom. The van der Waals surface area contributed by atoms with E-state index >= 15 is 0 Å². The van der Waals surface area contributed by atoms with Crippen molar-refractivity contribution in [1.82, 2.24) is 4.90 Å². The maximum atomic E-state index is 11.9. The second kappa shape index (κ2) is 5.41. The molecule has 0 aliphatic carbocycles. The molecule has 0 unspecified atom stereocenters. The molecule has 0 radical (unpaired) electrons. The van der Waals surface area contributed by atoms with Gasteiger partial charge in [-0.25, -0.2) is 0 Å². The van der Waals surface area contributed by atoms with Gasteiger partial charge in [0.2, 0.25) is 0 Å². The van der Waals surface area contributed by atoms with Gasteiger partial charge in [0.15, 0.2) is 5.78 Å². The van der Waals surface area contributed by atoms with E-state index in [1.54, 1.807) is 24.3 Å². The molecular weight excluding hydrogens is 302 g/mol. The average molecular weight is 312 g/mol. The number of amides is 2. The molecule has 0 N–H and O–H groups in total. The molecule has 0 saturated carbocycles. The first kappa shape index (κ1) is 12.9. The number of hydrogen-bond donors (Lipinski definition) is 0. The Balaban J connectivity index is 2.08. The molecule has 0 spiro atoms. The number of halogens is 1. The van der Waals surface area contributed by atoms with Gasteiger partial charge in [-0.05, 0) is 12.1 Å². The van der Waals surface area contributed by atoms with Crippen molar-refractivity contribution in [2.45, 2.75) is 0 Å². The van der Waals surface area contributed by atoms with Gasteiger partial charge in [-0.1, -0.05) is 28.1 Å². The standard InChI is InChI=1S/C12H10BrNO4/c13-9-3-1-8(2-4-9)10(15)5-14-11(16)6-18-7-12(14)17/h1-4H,5-7H2. The lowest BCUT2D eigenvalue weighted by molar-refractivity contribution is -0.157. The van der Waals surface area contributed by atoms with Gasteiger partial charge in [-0.2, -0.15) is 0 Å². The number of Topliss-reactive ketones (excluding diaryl/α,β-unsaturated/α-hetero) is 1. The van der Waals surface area contributed by atoms with Crippen molar-refractivity contribution < 1.29 is 19.1 Å². The first-order chi connectivity index (χ1) is 8.58. The van der Waals surface area contributed by atoms with E-state index in [9.17, 15) is 14.4 Å². The van der Waals surface area contributed by atoms with Crippen molar-refractivity contribution in [1.29, 1.82) is 0 Å². The molecule has 0 bridgehead atoms. The minimum atomic E-state index is -0.475. The van der Waals surface area contributed by atoms with Crippen LogP contribution in [0.4, 0.5) is 0 Å². The Labute approximate surface area is 112 Å². The minimum absolute atomic E-state index is 0.153. The van der Waals surface area contributed by atoms with Crippen molar-refractivity contribution in [2.24, 2.45) is 0 Å². The third kappa shape index (κ3) is 2.83. The van der Waals surface area contributed by atoms with E-state index in [-0.39, 0.29) is 25.5 Å². The van der Waals surface area contributed by atoms with Crippen molar-refractivity contribution in [3.63, 3.8) is 0 Å². The maximum absolute atomic E-state index is 11.9. The Kier molecular flexibility index (Phi) is 3.88. The van der Waals surface area contributed by atoms with Gasteiger partial charge in [0.05, 0.1) is 6.54 Å². The van der Waals surface area contributed by atoms with E-state index < -0.39 is 11.8 Å². The summed E-state index contributed by atoms with van der Waals surface area (Å²) in [6.45, 7) is -0.540. The number of imide groups is 1. The van der Waals surface area contributed by atoms with Crippen molar-refractivity contribution in [3.05, 3.63) is 34.3 Å². The number of carbonyl (C=O) groups excluding carboxylic acids is 3. The summed E-state index contributed by atoms with van der Waals surface area (Å²) in [4.78, 5) is 35.7. The summed E-state index contributed by atoms with van der Waals surface area (Å²) in [6, 6.07) is 6.75. The second-order valence-corrected chi connectivity index (χ2v) is 4.71. The number of nitrogens with zero attached hydrogens (tertiary/aromatic N) is 1.